The Morgan fingerprint density at radius 2 is 1.56 bits per heavy atom. The van der Waals surface area contributed by atoms with Gasteiger partial charge in [0, 0.05) is 12.5 Å². The zero-order chi connectivity index (χ0) is 19.0. The molecule has 1 amide bonds. The van der Waals surface area contributed by atoms with Gasteiger partial charge in [-0.15, -0.1) is 0 Å². The van der Waals surface area contributed by atoms with E-state index in [1.165, 1.54) is 21.3 Å². The standard InChI is InChI=1S/C18H27NO6/c1-11(2)19-18(21)12(3)25-16(20)8-7-13-9-14(22-4)17(24-6)15(10-13)23-5/h9-12H,7-8H2,1-6H3,(H,19,21). The first-order valence-electron chi connectivity index (χ1n) is 8.11. The smallest absolute Gasteiger partial charge is 0.306 e. The van der Waals surface area contributed by atoms with Gasteiger partial charge in [0.25, 0.3) is 5.91 Å². The van der Waals surface area contributed by atoms with E-state index in [0.29, 0.717) is 23.7 Å². The highest BCUT2D eigenvalue weighted by Crippen LogP contribution is 2.38. The van der Waals surface area contributed by atoms with Crippen LogP contribution >= 0.6 is 0 Å². The third-order valence-electron chi connectivity index (χ3n) is 3.45. The molecule has 0 aliphatic rings. The van der Waals surface area contributed by atoms with Gasteiger partial charge in [0.15, 0.2) is 17.6 Å². The van der Waals surface area contributed by atoms with Gasteiger partial charge in [-0.25, -0.2) is 0 Å². The lowest BCUT2D eigenvalue weighted by molar-refractivity contribution is -0.154. The maximum Gasteiger partial charge on any atom is 0.306 e. The number of esters is 1. The average Bonchev–Trinajstić information content (AvgIpc) is 2.58. The monoisotopic (exact) mass is 353 g/mol. The van der Waals surface area contributed by atoms with E-state index in [-0.39, 0.29) is 18.4 Å². The summed E-state index contributed by atoms with van der Waals surface area (Å²) in [6, 6.07) is 3.56. The molecule has 7 nitrogen and oxygen atoms in total. The van der Waals surface area contributed by atoms with Gasteiger partial charge in [-0.3, -0.25) is 9.59 Å². The van der Waals surface area contributed by atoms with Crippen molar-refractivity contribution in [2.75, 3.05) is 21.3 Å². The van der Waals surface area contributed by atoms with Crippen LogP contribution in [0.25, 0.3) is 0 Å². The Morgan fingerprint density at radius 3 is 2.00 bits per heavy atom. The second-order valence-corrected chi connectivity index (χ2v) is 5.83. The molecule has 140 valence electrons. The van der Waals surface area contributed by atoms with Crippen molar-refractivity contribution < 1.29 is 28.5 Å². The van der Waals surface area contributed by atoms with Crippen LogP contribution in [0.15, 0.2) is 12.1 Å². The van der Waals surface area contributed by atoms with E-state index in [9.17, 15) is 9.59 Å². The minimum absolute atomic E-state index is 0.00659. The summed E-state index contributed by atoms with van der Waals surface area (Å²) in [6.07, 6.45) is -0.263. The number of rotatable bonds is 9. The van der Waals surface area contributed by atoms with Crippen LogP contribution in [0.4, 0.5) is 0 Å². The first kappa shape index (κ1) is 20.6. The predicted octanol–water partition coefficient (Wildman–Crippen LogP) is 2.10. The van der Waals surface area contributed by atoms with Gasteiger partial charge >= 0.3 is 5.97 Å². The molecule has 7 heteroatoms. The van der Waals surface area contributed by atoms with E-state index >= 15 is 0 Å². The van der Waals surface area contributed by atoms with E-state index in [1.807, 2.05) is 13.8 Å². The molecule has 0 spiro atoms. The van der Waals surface area contributed by atoms with Crippen LogP contribution in [0.5, 0.6) is 17.2 Å². The van der Waals surface area contributed by atoms with Crippen LogP contribution < -0.4 is 19.5 Å². The third-order valence-corrected chi connectivity index (χ3v) is 3.45. The number of hydrogen-bond donors (Lipinski definition) is 1. The van der Waals surface area contributed by atoms with E-state index in [2.05, 4.69) is 5.32 Å². The number of hydrogen-bond acceptors (Lipinski definition) is 6. The highest BCUT2D eigenvalue weighted by atomic mass is 16.5. The van der Waals surface area contributed by atoms with Crippen molar-refractivity contribution in [2.45, 2.75) is 45.8 Å². The Balaban J connectivity index is 2.68. The van der Waals surface area contributed by atoms with Crippen molar-refractivity contribution in [1.82, 2.24) is 5.32 Å². The fraction of sp³-hybridized carbons (Fsp3) is 0.556. The number of methoxy groups -OCH3 is 3. The molecule has 0 radical (unpaired) electrons. The molecular formula is C18H27NO6. The van der Waals surface area contributed by atoms with Crippen LogP contribution in [0.2, 0.25) is 0 Å². The third kappa shape index (κ3) is 6.17. The normalized spacial score (nSPS) is 11.6. The molecule has 1 rings (SSSR count). The number of carbonyl (C=O) groups excluding carboxylic acids is 2. The van der Waals surface area contributed by atoms with Crippen molar-refractivity contribution in [3.63, 3.8) is 0 Å². The topological polar surface area (TPSA) is 83.1 Å². The van der Waals surface area contributed by atoms with Crippen LogP contribution in [0.3, 0.4) is 0 Å². The number of benzene rings is 1. The van der Waals surface area contributed by atoms with Crippen LogP contribution in [-0.2, 0) is 20.7 Å². The highest BCUT2D eigenvalue weighted by Gasteiger charge is 2.19. The average molecular weight is 353 g/mol. The summed E-state index contributed by atoms with van der Waals surface area (Å²) in [5.74, 6) is 0.788. The van der Waals surface area contributed by atoms with Crippen molar-refractivity contribution in [1.29, 1.82) is 0 Å². The summed E-state index contributed by atoms with van der Waals surface area (Å²) in [7, 11) is 4.59. The minimum atomic E-state index is -0.824. The molecule has 1 N–H and O–H groups in total. The summed E-state index contributed by atoms with van der Waals surface area (Å²) in [6.45, 7) is 5.24. The molecule has 0 bridgehead atoms. The van der Waals surface area contributed by atoms with E-state index < -0.39 is 12.1 Å². The molecule has 1 aromatic carbocycles. The van der Waals surface area contributed by atoms with Gasteiger partial charge in [-0.1, -0.05) is 0 Å². The maximum absolute atomic E-state index is 12.0. The van der Waals surface area contributed by atoms with Crippen molar-refractivity contribution in [3.8, 4) is 17.2 Å². The molecule has 0 heterocycles. The summed E-state index contributed by atoms with van der Waals surface area (Å²) in [5, 5.41) is 2.70. The lowest BCUT2D eigenvalue weighted by atomic mass is 10.1. The first-order chi connectivity index (χ1) is 11.8. The molecule has 25 heavy (non-hydrogen) atoms. The summed E-state index contributed by atoms with van der Waals surface area (Å²) >= 11 is 0. The van der Waals surface area contributed by atoms with E-state index in [4.69, 9.17) is 18.9 Å². The Bertz CT molecular complexity index is 574. The maximum atomic E-state index is 12.0. The number of amides is 1. The van der Waals surface area contributed by atoms with Crippen molar-refractivity contribution in [2.24, 2.45) is 0 Å². The number of aryl methyl sites for hydroxylation is 1. The Hall–Kier alpha value is -2.44. The fourth-order valence-corrected chi connectivity index (χ4v) is 2.24. The van der Waals surface area contributed by atoms with Gasteiger partial charge < -0.3 is 24.3 Å². The molecule has 1 atom stereocenters. The molecule has 0 aliphatic carbocycles. The van der Waals surface area contributed by atoms with Crippen molar-refractivity contribution in [3.05, 3.63) is 17.7 Å². The van der Waals surface area contributed by atoms with Gasteiger partial charge in [-0.2, -0.15) is 0 Å². The summed E-state index contributed by atoms with van der Waals surface area (Å²) in [4.78, 5) is 23.7. The van der Waals surface area contributed by atoms with Crippen LogP contribution in [0.1, 0.15) is 32.8 Å². The van der Waals surface area contributed by atoms with Gasteiger partial charge in [0.1, 0.15) is 0 Å². The Kier molecular flexibility index (Phi) is 8.04. The lowest BCUT2D eigenvalue weighted by Crippen LogP contribution is -2.39. The van der Waals surface area contributed by atoms with Gasteiger partial charge in [0.2, 0.25) is 5.75 Å². The Labute approximate surface area is 148 Å². The zero-order valence-electron chi connectivity index (χ0n) is 15.7. The van der Waals surface area contributed by atoms with Gasteiger partial charge in [-0.05, 0) is 44.9 Å². The zero-order valence-corrected chi connectivity index (χ0v) is 15.7. The molecule has 1 unspecified atom stereocenters. The minimum Gasteiger partial charge on any atom is -0.493 e. The first-order valence-corrected chi connectivity index (χ1v) is 8.11. The SMILES string of the molecule is COc1cc(CCC(=O)OC(C)C(=O)NC(C)C)cc(OC)c1OC. The molecule has 0 aromatic heterocycles. The second kappa shape index (κ2) is 9.76. The quantitative estimate of drug-likeness (QED) is 0.685. The van der Waals surface area contributed by atoms with E-state index in [0.717, 1.165) is 5.56 Å². The van der Waals surface area contributed by atoms with Crippen LogP contribution in [0, 0.1) is 0 Å². The summed E-state index contributed by atoms with van der Waals surface area (Å²) < 4.78 is 21.0. The molecular weight excluding hydrogens is 326 g/mol. The Morgan fingerprint density at radius 1 is 1.00 bits per heavy atom. The summed E-state index contributed by atoms with van der Waals surface area (Å²) in [5.41, 5.74) is 0.839. The molecule has 0 aliphatic heterocycles. The second-order valence-electron chi connectivity index (χ2n) is 5.83. The van der Waals surface area contributed by atoms with E-state index in [1.54, 1.807) is 19.1 Å². The highest BCUT2D eigenvalue weighted by molar-refractivity contribution is 5.83. The van der Waals surface area contributed by atoms with Crippen LogP contribution in [-0.4, -0.2) is 45.4 Å². The number of ether oxygens (including phenoxy) is 4. The fourth-order valence-electron chi connectivity index (χ4n) is 2.24. The van der Waals surface area contributed by atoms with Gasteiger partial charge in [0.05, 0.1) is 21.3 Å². The van der Waals surface area contributed by atoms with Crippen molar-refractivity contribution >= 4 is 11.9 Å². The predicted molar refractivity (Wildman–Crippen MR) is 93.3 cm³/mol. The molecule has 0 fully saturated rings. The lowest BCUT2D eigenvalue weighted by Gasteiger charge is -2.16. The molecule has 0 saturated heterocycles. The number of carbonyl (C=O) groups is 2. The largest absolute Gasteiger partial charge is 0.493 e. The molecule has 1 aromatic rings. The molecule has 0 saturated carbocycles. The number of nitrogens with one attached hydrogen (secondary N) is 1.